The highest BCUT2D eigenvalue weighted by Gasteiger charge is 2.44. The second kappa shape index (κ2) is 8.91. The summed E-state index contributed by atoms with van der Waals surface area (Å²) in [5.74, 6) is -1.42. The van der Waals surface area contributed by atoms with Crippen molar-refractivity contribution in [2.75, 3.05) is 26.1 Å². The van der Waals surface area contributed by atoms with Crippen molar-refractivity contribution < 1.29 is 14.3 Å². The number of methoxy groups -OCH3 is 1. The van der Waals surface area contributed by atoms with Gasteiger partial charge in [0.25, 0.3) is 0 Å². The summed E-state index contributed by atoms with van der Waals surface area (Å²) in [7, 11) is 5.33. The Hall–Kier alpha value is -2.92. The Morgan fingerprint density at radius 1 is 1.09 bits per heavy atom. The summed E-state index contributed by atoms with van der Waals surface area (Å²) in [5, 5.41) is 0.661. The molecule has 0 amide bonds. The molecule has 0 saturated heterocycles. The Morgan fingerprint density at radius 3 is 2.41 bits per heavy atom. The molecule has 32 heavy (non-hydrogen) atoms. The summed E-state index contributed by atoms with van der Waals surface area (Å²) < 4.78 is 5.12. The van der Waals surface area contributed by atoms with Crippen LogP contribution in [0.5, 0.6) is 0 Å². The number of rotatable bonds is 4. The Kier molecular flexibility index (Phi) is 6.20. The fourth-order valence-electron chi connectivity index (χ4n) is 4.86. The van der Waals surface area contributed by atoms with E-state index in [4.69, 9.17) is 21.3 Å². The number of hydrogen-bond acceptors (Lipinski definition) is 5. The van der Waals surface area contributed by atoms with Crippen molar-refractivity contribution in [3.05, 3.63) is 76.0 Å². The zero-order valence-electron chi connectivity index (χ0n) is 18.8. The minimum atomic E-state index is -0.621. The normalized spacial score (nSPS) is 22.8. The summed E-state index contributed by atoms with van der Waals surface area (Å²) in [6.07, 6.45) is 0.958. The maximum absolute atomic E-state index is 13.5. The van der Waals surface area contributed by atoms with Gasteiger partial charge in [-0.15, -0.1) is 0 Å². The molecule has 2 aromatic rings. The number of carbonyl (C=O) groups excluding carboxylic acids is 2. The number of allylic oxidation sites excluding steroid dienone is 2. The van der Waals surface area contributed by atoms with Crippen LogP contribution in [0, 0.1) is 5.92 Å². The number of aliphatic imine (C=N–C) groups is 1. The number of Topliss-reactive ketones (excluding diaryl/α,β-unsaturated/α-hetero) is 1. The standard InChI is InChI=1S/C26H27ClN2O3/c1-15-23(26(31)32-4)24(16-9-11-18(12-10-16)29(2)3)25-21(28-15)13-17(14-22(25)30)19-7-5-6-8-20(19)27/h5-12,17,23-24H,13-14H2,1-4H3/t17-,23?,24+/m0/s1. The molecule has 166 valence electrons. The number of ketones is 1. The Balaban J connectivity index is 1.80. The number of carbonyl (C=O) groups is 2. The number of hydrogen-bond donors (Lipinski definition) is 0. The molecule has 0 N–H and O–H groups in total. The van der Waals surface area contributed by atoms with Gasteiger partial charge in [0.05, 0.1) is 7.11 Å². The average molecular weight is 451 g/mol. The molecular weight excluding hydrogens is 424 g/mol. The van der Waals surface area contributed by atoms with Gasteiger partial charge >= 0.3 is 5.97 Å². The van der Waals surface area contributed by atoms with Crippen molar-refractivity contribution in [2.45, 2.75) is 31.6 Å². The first kappa shape index (κ1) is 22.3. The molecule has 2 aromatic carbocycles. The molecule has 0 radical (unpaired) electrons. The fourth-order valence-corrected chi connectivity index (χ4v) is 5.15. The van der Waals surface area contributed by atoms with Crippen LogP contribution in [0.3, 0.4) is 0 Å². The molecular formula is C26H27ClN2O3. The van der Waals surface area contributed by atoms with Crippen molar-refractivity contribution in [3.8, 4) is 0 Å². The van der Waals surface area contributed by atoms with Crippen molar-refractivity contribution in [1.29, 1.82) is 0 Å². The molecule has 4 rings (SSSR count). The molecule has 0 saturated carbocycles. The predicted octanol–water partition coefficient (Wildman–Crippen LogP) is 5.15. The van der Waals surface area contributed by atoms with Crippen molar-refractivity contribution >= 4 is 34.8 Å². The molecule has 1 aliphatic heterocycles. The van der Waals surface area contributed by atoms with E-state index < -0.39 is 11.8 Å². The Morgan fingerprint density at radius 2 is 1.78 bits per heavy atom. The number of benzene rings is 2. The molecule has 0 fully saturated rings. The first-order chi connectivity index (χ1) is 15.3. The topological polar surface area (TPSA) is 59.0 Å². The number of halogens is 1. The number of nitrogens with zero attached hydrogens (tertiary/aromatic N) is 2. The van der Waals surface area contributed by atoms with Crippen molar-refractivity contribution in [2.24, 2.45) is 10.9 Å². The second-order valence-electron chi connectivity index (χ2n) is 8.63. The van der Waals surface area contributed by atoms with E-state index >= 15 is 0 Å². The lowest BCUT2D eigenvalue weighted by atomic mass is 9.69. The third-order valence-corrected chi connectivity index (χ3v) is 6.80. The van der Waals surface area contributed by atoms with Gasteiger partial charge in [-0.05, 0) is 48.6 Å². The average Bonchev–Trinajstić information content (AvgIpc) is 2.78. The summed E-state index contributed by atoms with van der Waals surface area (Å²) in [6, 6.07) is 15.6. The summed E-state index contributed by atoms with van der Waals surface area (Å²) >= 11 is 6.43. The number of ether oxygens (including phenoxy) is 1. The predicted molar refractivity (Wildman–Crippen MR) is 128 cm³/mol. The fraction of sp³-hybridized carbons (Fsp3) is 0.346. The van der Waals surface area contributed by atoms with Crippen LogP contribution < -0.4 is 4.90 Å². The third kappa shape index (κ3) is 3.97. The Bertz CT molecular complexity index is 1120. The van der Waals surface area contributed by atoms with Crippen LogP contribution in [-0.4, -0.2) is 38.7 Å². The highest BCUT2D eigenvalue weighted by Crippen LogP contribution is 2.47. The molecule has 1 unspecified atom stereocenters. The zero-order chi connectivity index (χ0) is 23.0. The number of anilines is 1. The van der Waals surface area contributed by atoms with E-state index in [1.165, 1.54) is 7.11 Å². The zero-order valence-corrected chi connectivity index (χ0v) is 19.5. The van der Waals surface area contributed by atoms with Gasteiger partial charge in [-0.3, -0.25) is 14.6 Å². The maximum Gasteiger partial charge on any atom is 0.315 e. The Labute approximate surface area is 193 Å². The first-order valence-electron chi connectivity index (χ1n) is 10.7. The van der Waals surface area contributed by atoms with E-state index in [-0.39, 0.29) is 17.7 Å². The molecule has 0 spiro atoms. The lowest BCUT2D eigenvalue weighted by molar-refractivity contribution is -0.143. The molecule has 1 aliphatic carbocycles. The molecule has 0 bridgehead atoms. The van der Waals surface area contributed by atoms with Crippen LogP contribution in [-0.2, 0) is 14.3 Å². The van der Waals surface area contributed by atoms with Crippen LogP contribution in [0.2, 0.25) is 5.02 Å². The van der Waals surface area contributed by atoms with E-state index in [9.17, 15) is 9.59 Å². The van der Waals surface area contributed by atoms with Gasteiger partial charge in [0.15, 0.2) is 5.78 Å². The van der Waals surface area contributed by atoms with Crippen LogP contribution in [0.1, 0.15) is 42.7 Å². The molecule has 6 heteroatoms. The van der Waals surface area contributed by atoms with Crippen molar-refractivity contribution in [3.63, 3.8) is 0 Å². The van der Waals surface area contributed by atoms with E-state index in [1.54, 1.807) is 0 Å². The van der Waals surface area contributed by atoms with Gasteiger partial charge in [0, 0.05) is 54.1 Å². The molecule has 5 nitrogen and oxygen atoms in total. The van der Waals surface area contributed by atoms with Gasteiger partial charge in [-0.25, -0.2) is 0 Å². The van der Waals surface area contributed by atoms with E-state index in [2.05, 4.69) is 0 Å². The van der Waals surface area contributed by atoms with Crippen LogP contribution in [0.25, 0.3) is 0 Å². The van der Waals surface area contributed by atoms with Crippen LogP contribution >= 0.6 is 11.6 Å². The van der Waals surface area contributed by atoms with E-state index in [0.29, 0.717) is 29.1 Å². The highest BCUT2D eigenvalue weighted by atomic mass is 35.5. The second-order valence-corrected chi connectivity index (χ2v) is 9.04. The van der Waals surface area contributed by atoms with Crippen LogP contribution in [0.15, 0.2) is 64.8 Å². The summed E-state index contributed by atoms with van der Waals surface area (Å²) in [4.78, 5) is 33.1. The van der Waals surface area contributed by atoms with Gasteiger partial charge in [0.1, 0.15) is 5.92 Å². The lowest BCUT2D eigenvalue weighted by Crippen LogP contribution is -2.37. The van der Waals surface area contributed by atoms with Gasteiger partial charge in [0.2, 0.25) is 0 Å². The maximum atomic E-state index is 13.5. The smallest absolute Gasteiger partial charge is 0.315 e. The molecule has 2 aliphatic rings. The minimum absolute atomic E-state index is 0.0167. The summed E-state index contributed by atoms with van der Waals surface area (Å²) in [5.41, 5.74) is 4.98. The highest BCUT2D eigenvalue weighted by molar-refractivity contribution is 6.31. The molecule has 0 aromatic heterocycles. The van der Waals surface area contributed by atoms with E-state index in [1.807, 2.05) is 74.4 Å². The monoisotopic (exact) mass is 450 g/mol. The third-order valence-electron chi connectivity index (χ3n) is 6.46. The first-order valence-corrected chi connectivity index (χ1v) is 11.1. The summed E-state index contributed by atoms with van der Waals surface area (Å²) in [6.45, 7) is 1.84. The quantitative estimate of drug-likeness (QED) is 0.604. The van der Waals surface area contributed by atoms with Gasteiger partial charge in [-0.2, -0.15) is 0 Å². The van der Waals surface area contributed by atoms with E-state index in [0.717, 1.165) is 22.5 Å². The number of esters is 1. The largest absolute Gasteiger partial charge is 0.468 e. The van der Waals surface area contributed by atoms with Crippen LogP contribution in [0.4, 0.5) is 5.69 Å². The molecule has 3 atom stereocenters. The van der Waals surface area contributed by atoms with Gasteiger partial charge in [-0.1, -0.05) is 41.9 Å². The lowest BCUT2D eigenvalue weighted by Gasteiger charge is -2.36. The van der Waals surface area contributed by atoms with Gasteiger partial charge < -0.3 is 9.64 Å². The minimum Gasteiger partial charge on any atom is -0.468 e. The van der Waals surface area contributed by atoms with Crippen molar-refractivity contribution in [1.82, 2.24) is 0 Å². The molecule has 1 heterocycles. The SMILES string of the molecule is COC(=O)C1C(C)=NC2=C(C(=O)C[C@@H](c3ccccc3Cl)C2)[C@@H]1c1ccc(N(C)C)cc1.